The maximum atomic E-state index is 11.7. The highest BCUT2D eigenvalue weighted by Crippen LogP contribution is 2.27. The molecule has 1 aliphatic rings. The molecule has 2 N–H and O–H groups in total. The smallest absolute Gasteiger partial charge is 0.407 e. The van der Waals surface area contributed by atoms with Crippen LogP contribution >= 0.6 is 0 Å². The normalized spacial score (nSPS) is 19.3. The van der Waals surface area contributed by atoms with Crippen molar-refractivity contribution in [3.05, 3.63) is 0 Å². The van der Waals surface area contributed by atoms with Crippen molar-refractivity contribution in [1.29, 1.82) is 0 Å². The summed E-state index contributed by atoms with van der Waals surface area (Å²) in [5, 5.41) is 6.60. The minimum atomic E-state index is -0.436. The van der Waals surface area contributed by atoms with E-state index in [1.165, 1.54) is 25.7 Å². The van der Waals surface area contributed by atoms with Crippen LogP contribution in [0.2, 0.25) is 0 Å². The molecule has 0 saturated heterocycles. The molecule has 1 amide bonds. The van der Waals surface area contributed by atoms with E-state index in [1.807, 2.05) is 20.8 Å². The number of nitrogens with one attached hydrogen (secondary N) is 2. The van der Waals surface area contributed by atoms with Crippen LogP contribution in [-0.4, -0.2) is 30.3 Å². The van der Waals surface area contributed by atoms with Crippen LogP contribution in [-0.2, 0) is 4.74 Å². The standard InChI is InChI=1S/C17H34N2O2/c1-6-9-15(12-18-16(20)21-17(3,4)5)19-13(2)14-10-7-8-11-14/h13-15,19H,6-12H2,1-5H3,(H,18,20). The first kappa shape index (κ1) is 18.3. The number of carbonyl (C=O) groups excluding carboxylic acids is 1. The van der Waals surface area contributed by atoms with Crippen LogP contribution in [0.5, 0.6) is 0 Å². The number of amides is 1. The zero-order chi connectivity index (χ0) is 15.9. The summed E-state index contributed by atoms with van der Waals surface area (Å²) in [5.41, 5.74) is -0.436. The Morgan fingerprint density at radius 3 is 2.43 bits per heavy atom. The molecule has 0 spiro atoms. The van der Waals surface area contributed by atoms with Crippen molar-refractivity contribution < 1.29 is 9.53 Å². The number of carbonyl (C=O) groups is 1. The summed E-state index contributed by atoms with van der Waals surface area (Å²) < 4.78 is 5.29. The third kappa shape index (κ3) is 7.70. The fourth-order valence-electron chi connectivity index (χ4n) is 3.08. The predicted molar refractivity (Wildman–Crippen MR) is 87.5 cm³/mol. The van der Waals surface area contributed by atoms with Crippen molar-refractivity contribution in [2.24, 2.45) is 5.92 Å². The second-order valence-electron chi connectivity index (χ2n) is 7.37. The van der Waals surface area contributed by atoms with E-state index in [1.54, 1.807) is 0 Å². The first-order valence-corrected chi connectivity index (χ1v) is 8.54. The highest BCUT2D eigenvalue weighted by atomic mass is 16.6. The molecule has 1 saturated carbocycles. The molecule has 2 atom stereocenters. The van der Waals surface area contributed by atoms with E-state index in [0.29, 0.717) is 18.6 Å². The minimum Gasteiger partial charge on any atom is -0.444 e. The minimum absolute atomic E-state index is 0.320. The van der Waals surface area contributed by atoms with Crippen molar-refractivity contribution in [3.8, 4) is 0 Å². The van der Waals surface area contributed by atoms with Crippen molar-refractivity contribution >= 4 is 6.09 Å². The lowest BCUT2D eigenvalue weighted by atomic mass is 9.98. The molecule has 0 heterocycles. The van der Waals surface area contributed by atoms with Gasteiger partial charge in [0.15, 0.2) is 0 Å². The summed E-state index contributed by atoms with van der Waals surface area (Å²) >= 11 is 0. The summed E-state index contributed by atoms with van der Waals surface area (Å²) in [5.74, 6) is 0.797. The second-order valence-corrected chi connectivity index (χ2v) is 7.37. The molecule has 1 rings (SSSR count). The van der Waals surface area contributed by atoms with E-state index in [4.69, 9.17) is 4.74 Å². The molecule has 0 bridgehead atoms. The van der Waals surface area contributed by atoms with Crippen LogP contribution in [0.1, 0.15) is 73.1 Å². The molecule has 0 aromatic rings. The van der Waals surface area contributed by atoms with Crippen LogP contribution in [0, 0.1) is 5.92 Å². The van der Waals surface area contributed by atoms with Gasteiger partial charge in [-0.15, -0.1) is 0 Å². The van der Waals surface area contributed by atoms with Crippen LogP contribution in [0.3, 0.4) is 0 Å². The van der Waals surface area contributed by atoms with E-state index in [2.05, 4.69) is 24.5 Å². The van der Waals surface area contributed by atoms with Gasteiger partial charge in [0.2, 0.25) is 0 Å². The van der Waals surface area contributed by atoms with Gasteiger partial charge in [-0.3, -0.25) is 0 Å². The predicted octanol–water partition coefficient (Wildman–Crippen LogP) is 3.85. The average molecular weight is 298 g/mol. The molecule has 0 radical (unpaired) electrons. The summed E-state index contributed by atoms with van der Waals surface area (Å²) in [6, 6.07) is 0.864. The third-order valence-electron chi connectivity index (χ3n) is 4.13. The van der Waals surface area contributed by atoms with Crippen molar-refractivity contribution in [2.45, 2.75) is 90.8 Å². The van der Waals surface area contributed by atoms with Gasteiger partial charge < -0.3 is 15.4 Å². The van der Waals surface area contributed by atoms with E-state index in [9.17, 15) is 4.79 Å². The maximum Gasteiger partial charge on any atom is 0.407 e. The van der Waals surface area contributed by atoms with E-state index < -0.39 is 5.60 Å². The van der Waals surface area contributed by atoms with Gasteiger partial charge in [-0.25, -0.2) is 4.79 Å². The maximum absolute atomic E-state index is 11.7. The third-order valence-corrected chi connectivity index (χ3v) is 4.13. The summed E-state index contributed by atoms with van der Waals surface area (Å²) in [6.07, 6.45) is 7.28. The fourth-order valence-corrected chi connectivity index (χ4v) is 3.08. The van der Waals surface area contributed by atoms with Gasteiger partial charge in [-0.05, 0) is 52.9 Å². The van der Waals surface area contributed by atoms with E-state index in [0.717, 1.165) is 18.8 Å². The Balaban J connectivity index is 2.36. The number of hydrogen-bond acceptors (Lipinski definition) is 3. The van der Waals surface area contributed by atoms with Gasteiger partial charge >= 0.3 is 6.09 Å². The van der Waals surface area contributed by atoms with Gasteiger partial charge in [-0.2, -0.15) is 0 Å². The zero-order valence-corrected chi connectivity index (χ0v) is 14.5. The summed E-state index contributed by atoms with van der Waals surface area (Å²) in [6.45, 7) is 10.8. The van der Waals surface area contributed by atoms with Gasteiger partial charge in [-0.1, -0.05) is 26.2 Å². The first-order valence-electron chi connectivity index (χ1n) is 8.54. The Kier molecular flexibility index (Phi) is 7.50. The molecule has 1 aliphatic carbocycles. The van der Waals surface area contributed by atoms with Crippen LogP contribution < -0.4 is 10.6 Å². The van der Waals surface area contributed by atoms with E-state index in [-0.39, 0.29) is 6.09 Å². The molecule has 124 valence electrons. The second kappa shape index (κ2) is 8.62. The Labute approximate surface area is 130 Å². The first-order chi connectivity index (χ1) is 9.81. The molecule has 1 fully saturated rings. The number of rotatable bonds is 7. The molecule has 4 nitrogen and oxygen atoms in total. The molecule has 0 aromatic heterocycles. The Bertz CT molecular complexity index is 306. The van der Waals surface area contributed by atoms with Crippen molar-refractivity contribution in [1.82, 2.24) is 10.6 Å². The number of hydrogen-bond donors (Lipinski definition) is 2. The highest BCUT2D eigenvalue weighted by Gasteiger charge is 2.24. The molecule has 0 aromatic carbocycles. The largest absolute Gasteiger partial charge is 0.444 e. The fraction of sp³-hybridized carbons (Fsp3) is 0.941. The van der Waals surface area contributed by atoms with Gasteiger partial charge in [0.1, 0.15) is 5.60 Å². The Hall–Kier alpha value is -0.770. The SMILES string of the molecule is CCCC(CNC(=O)OC(C)(C)C)NC(C)C1CCCC1. The molecular formula is C17H34N2O2. The number of alkyl carbamates (subject to hydrolysis) is 1. The van der Waals surface area contributed by atoms with Crippen molar-refractivity contribution in [3.63, 3.8) is 0 Å². The van der Waals surface area contributed by atoms with Crippen LogP contribution in [0.4, 0.5) is 4.79 Å². The van der Waals surface area contributed by atoms with Gasteiger partial charge in [0, 0.05) is 18.6 Å². The summed E-state index contributed by atoms with van der Waals surface area (Å²) in [4.78, 5) is 11.7. The highest BCUT2D eigenvalue weighted by molar-refractivity contribution is 5.67. The molecular weight excluding hydrogens is 264 g/mol. The van der Waals surface area contributed by atoms with Gasteiger partial charge in [0.25, 0.3) is 0 Å². The molecule has 0 aliphatic heterocycles. The summed E-state index contributed by atoms with van der Waals surface area (Å²) in [7, 11) is 0. The van der Waals surface area contributed by atoms with Crippen LogP contribution in [0.25, 0.3) is 0 Å². The monoisotopic (exact) mass is 298 g/mol. The van der Waals surface area contributed by atoms with E-state index >= 15 is 0 Å². The van der Waals surface area contributed by atoms with Crippen molar-refractivity contribution in [2.75, 3.05) is 6.54 Å². The zero-order valence-electron chi connectivity index (χ0n) is 14.5. The molecule has 4 heteroatoms. The molecule has 2 unspecified atom stereocenters. The van der Waals surface area contributed by atoms with Crippen LogP contribution in [0.15, 0.2) is 0 Å². The lowest BCUT2D eigenvalue weighted by Crippen LogP contribution is -2.47. The average Bonchev–Trinajstić information content (AvgIpc) is 2.88. The topological polar surface area (TPSA) is 50.4 Å². The lowest BCUT2D eigenvalue weighted by molar-refractivity contribution is 0.0520. The lowest BCUT2D eigenvalue weighted by Gasteiger charge is -2.28. The Morgan fingerprint density at radius 1 is 1.29 bits per heavy atom. The Morgan fingerprint density at radius 2 is 1.90 bits per heavy atom. The van der Waals surface area contributed by atoms with Gasteiger partial charge in [0.05, 0.1) is 0 Å². The molecule has 21 heavy (non-hydrogen) atoms. The number of ether oxygens (including phenoxy) is 1. The quantitative estimate of drug-likeness (QED) is 0.750.